The first kappa shape index (κ1) is 29.0. The topological polar surface area (TPSA) is 80.7 Å². The molecule has 3 aliphatic carbocycles. The Bertz CT molecular complexity index is 1570. The van der Waals surface area contributed by atoms with Crippen LogP contribution in [-0.4, -0.2) is 48.7 Å². The van der Waals surface area contributed by atoms with Crippen molar-refractivity contribution in [2.24, 2.45) is 22.2 Å². The highest BCUT2D eigenvalue weighted by atomic mass is 19.1. The average Bonchev–Trinajstić information content (AvgIpc) is 3.69. The van der Waals surface area contributed by atoms with Gasteiger partial charge in [0.05, 0.1) is 12.3 Å². The van der Waals surface area contributed by atoms with E-state index in [0.29, 0.717) is 37.7 Å². The number of Topliss-reactive ketones (excluding diaryl/α,β-unsaturated/α-hetero) is 1. The first-order valence-electron chi connectivity index (χ1n) is 16.3. The number of nitrogens with one attached hydrogen (secondary N) is 1. The Labute approximate surface area is 258 Å². The van der Waals surface area contributed by atoms with Gasteiger partial charge in [0.15, 0.2) is 5.78 Å². The molecule has 7 rings (SSSR count). The number of pyridine rings is 1. The fourth-order valence-corrected chi connectivity index (χ4v) is 8.09. The summed E-state index contributed by atoms with van der Waals surface area (Å²) in [4.78, 5) is 37.3. The molecule has 44 heavy (non-hydrogen) atoms. The molecular weight excluding hydrogens is 553 g/mol. The van der Waals surface area contributed by atoms with Gasteiger partial charge >= 0.3 is 0 Å². The highest BCUT2D eigenvalue weighted by molar-refractivity contribution is 6.46. The van der Waals surface area contributed by atoms with Crippen LogP contribution in [0.3, 0.4) is 0 Å². The van der Waals surface area contributed by atoms with Crippen molar-refractivity contribution in [3.8, 4) is 11.1 Å². The molecule has 1 aromatic heterocycles. The molecule has 1 spiro atoms. The summed E-state index contributed by atoms with van der Waals surface area (Å²) in [6, 6.07) is 10.3. The SMILES string of the molecule is O=C1CC2(CCCC2)CC2=C1C(C=Cc1ccc(-c3cccc(F)c3)cn1)C1=C(CCN=C1C(=O)NCC1CCOC1)CC2. The van der Waals surface area contributed by atoms with Crippen LogP contribution >= 0.6 is 0 Å². The van der Waals surface area contributed by atoms with Gasteiger partial charge < -0.3 is 10.1 Å². The second-order valence-corrected chi connectivity index (χ2v) is 13.3. The minimum absolute atomic E-state index is 0.112. The summed E-state index contributed by atoms with van der Waals surface area (Å²) in [6.45, 7) is 2.57. The maximum absolute atomic E-state index is 14.1. The van der Waals surface area contributed by atoms with Crippen LogP contribution in [0.1, 0.15) is 69.9 Å². The van der Waals surface area contributed by atoms with E-state index in [9.17, 15) is 14.0 Å². The number of rotatable bonds is 6. The normalized spacial score (nSPS) is 24.8. The fourth-order valence-electron chi connectivity index (χ4n) is 8.09. The van der Waals surface area contributed by atoms with E-state index in [1.807, 2.05) is 24.3 Å². The predicted molar refractivity (Wildman–Crippen MR) is 169 cm³/mol. The van der Waals surface area contributed by atoms with Crippen LogP contribution in [0.5, 0.6) is 0 Å². The molecule has 5 aliphatic rings. The van der Waals surface area contributed by atoms with Crippen LogP contribution in [0.4, 0.5) is 4.39 Å². The number of aliphatic imine (C=N–C) groups is 1. The molecule has 1 saturated heterocycles. The third-order valence-electron chi connectivity index (χ3n) is 10.3. The van der Waals surface area contributed by atoms with Crippen molar-refractivity contribution in [1.29, 1.82) is 0 Å². The average molecular weight is 594 g/mol. The molecule has 7 heteroatoms. The molecule has 2 aromatic rings. The lowest BCUT2D eigenvalue weighted by Crippen LogP contribution is -2.39. The van der Waals surface area contributed by atoms with Crippen LogP contribution in [0.25, 0.3) is 17.2 Å². The molecule has 2 unspecified atom stereocenters. The lowest BCUT2D eigenvalue weighted by Gasteiger charge is -2.37. The largest absolute Gasteiger partial charge is 0.381 e. The number of carbonyl (C=O) groups excluding carboxylic acids is 2. The Kier molecular flexibility index (Phi) is 8.15. The zero-order valence-corrected chi connectivity index (χ0v) is 25.2. The molecule has 228 valence electrons. The standard InChI is InChI=1S/C37H40FN3O3/c38-29-5-3-4-26(18-29)28-8-9-30(40-22-28)10-11-31-33-27(19-37(20-32(33)42)14-1-2-15-37)7-6-25-12-16-39-35(34(25)31)36(43)41-21-24-13-17-44-23-24/h3-5,8-11,18,22,24,31H,1-2,6-7,12-17,19-21,23H2,(H,41,43). The molecule has 0 bridgehead atoms. The van der Waals surface area contributed by atoms with Crippen LogP contribution in [0.2, 0.25) is 0 Å². The van der Waals surface area contributed by atoms with Gasteiger partial charge in [-0.2, -0.15) is 0 Å². The molecule has 3 heterocycles. The van der Waals surface area contributed by atoms with Gasteiger partial charge in [0.25, 0.3) is 5.91 Å². The summed E-state index contributed by atoms with van der Waals surface area (Å²) < 4.78 is 19.3. The summed E-state index contributed by atoms with van der Waals surface area (Å²) in [6.07, 6.45) is 15.5. The van der Waals surface area contributed by atoms with E-state index in [-0.39, 0.29) is 28.8 Å². The highest BCUT2D eigenvalue weighted by Crippen LogP contribution is 2.53. The van der Waals surface area contributed by atoms with Crippen LogP contribution in [0, 0.1) is 23.1 Å². The number of amides is 1. The van der Waals surface area contributed by atoms with Gasteiger partial charge in [0.1, 0.15) is 11.5 Å². The Balaban J connectivity index is 1.23. The monoisotopic (exact) mass is 593 g/mol. The van der Waals surface area contributed by atoms with E-state index in [2.05, 4.69) is 16.4 Å². The molecule has 1 aromatic carbocycles. The number of allylic oxidation sites excluding steroid dienone is 3. The van der Waals surface area contributed by atoms with Crippen molar-refractivity contribution in [3.05, 3.63) is 82.5 Å². The third-order valence-corrected chi connectivity index (χ3v) is 10.3. The summed E-state index contributed by atoms with van der Waals surface area (Å²) in [7, 11) is 0. The number of dihydropyridines is 1. The van der Waals surface area contributed by atoms with Gasteiger partial charge in [-0.25, -0.2) is 4.39 Å². The van der Waals surface area contributed by atoms with E-state index in [4.69, 9.17) is 9.73 Å². The van der Waals surface area contributed by atoms with Crippen molar-refractivity contribution in [2.75, 3.05) is 26.3 Å². The quantitative estimate of drug-likeness (QED) is 0.398. The number of ether oxygens (including phenoxy) is 1. The van der Waals surface area contributed by atoms with Crippen LogP contribution in [-0.2, 0) is 14.3 Å². The summed E-state index contributed by atoms with van der Waals surface area (Å²) >= 11 is 0. The molecule has 2 aliphatic heterocycles. The number of halogens is 1. The number of aromatic nitrogens is 1. The molecule has 1 N–H and O–H groups in total. The second kappa shape index (κ2) is 12.4. The van der Waals surface area contributed by atoms with E-state index in [0.717, 1.165) is 79.5 Å². The Morgan fingerprint density at radius 2 is 1.91 bits per heavy atom. The number of carbonyl (C=O) groups is 2. The Hall–Kier alpha value is -3.71. The fraction of sp³-hybridized carbons (Fsp3) is 0.459. The summed E-state index contributed by atoms with van der Waals surface area (Å²) in [5.41, 5.74) is 7.28. The number of hydrogen-bond acceptors (Lipinski definition) is 5. The zero-order valence-electron chi connectivity index (χ0n) is 25.2. The van der Waals surface area contributed by atoms with E-state index in [1.165, 1.54) is 36.1 Å². The minimum atomic E-state index is -0.335. The van der Waals surface area contributed by atoms with Gasteiger partial charge in [-0.15, -0.1) is 0 Å². The Morgan fingerprint density at radius 3 is 2.68 bits per heavy atom. The molecule has 1 saturated carbocycles. The van der Waals surface area contributed by atoms with Crippen molar-refractivity contribution < 1.29 is 18.7 Å². The first-order chi connectivity index (χ1) is 21.5. The maximum atomic E-state index is 14.1. The lowest BCUT2D eigenvalue weighted by molar-refractivity contribution is -0.119. The van der Waals surface area contributed by atoms with E-state index in [1.54, 1.807) is 12.3 Å². The molecule has 1 amide bonds. The Morgan fingerprint density at radius 1 is 1.05 bits per heavy atom. The molecule has 6 nitrogen and oxygen atoms in total. The number of hydrogen-bond donors (Lipinski definition) is 1. The van der Waals surface area contributed by atoms with Crippen molar-refractivity contribution in [1.82, 2.24) is 10.3 Å². The van der Waals surface area contributed by atoms with E-state index >= 15 is 0 Å². The van der Waals surface area contributed by atoms with Gasteiger partial charge in [0.2, 0.25) is 0 Å². The third kappa shape index (κ3) is 5.86. The summed E-state index contributed by atoms with van der Waals surface area (Å²) in [5.74, 6) is -0.216. The van der Waals surface area contributed by atoms with Gasteiger partial charge in [-0.05, 0) is 85.8 Å². The van der Waals surface area contributed by atoms with Crippen molar-refractivity contribution in [3.63, 3.8) is 0 Å². The number of benzene rings is 1. The van der Waals surface area contributed by atoms with Gasteiger partial charge in [-0.1, -0.05) is 48.3 Å². The van der Waals surface area contributed by atoms with Crippen LogP contribution < -0.4 is 5.32 Å². The number of nitrogens with zero attached hydrogens (tertiary/aromatic N) is 2. The molecule has 0 radical (unpaired) electrons. The number of ketones is 1. The first-order valence-corrected chi connectivity index (χ1v) is 16.3. The molecule has 2 atom stereocenters. The minimum Gasteiger partial charge on any atom is -0.381 e. The predicted octanol–water partition coefficient (Wildman–Crippen LogP) is 6.82. The van der Waals surface area contributed by atoms with Gasteiger partial charge in [-0.3, -0.25) is 19.6 Å². The van der Waals surface area contributed by atoms with E-state index < -0.39 is 0 Å². The molecule has 2 fully saturated rings. The van der Waals surface area contributed by atoms with Crippen molar-refractivity contribution in [2.45, 2.75) is 64.2 Å². The van der Waals surface area contributed by atoms with Crippen molar-refractivity contribution >= 4 is 23.5 Å². The van der Waals surface area contributed by atoms with Gasteiger partial charge in [0, 0.05) is 55.3 Å². The smallest absolute Gasteiger partial charge is 0.269 e. The van der Waals surface area contributed by atoms with Crippen LogP contribution in [0.15, 0.2) is 76.0 Å². The zero-order chi connectivity index (χ0) is 30.1. The maximum Gasteiger partial charge on any atom is 0.269 e. The summed E-state index contributed by atoms with van der Waals surface area (Å²) in [5, 5.41) is 3.14. The molecular formula is C37H40FN3O3. The lowest BCUT2D eigenvalue weighted by atomic mass is 9.66. The highest BCUT2D eigenvalue weighted by Gasteiger charge is 2.45. The second-order valence-electron chi connectivity index (χ2n) is 13.3.